The summed E-state index contributed by atoms with van der Waals surface area (Å²) in [4.78, 5) is 48.8. The number of piperidine rings is 1. The third-order valence-corrected chi connectivity index (χ3v) is 8.24. The molecule has 2 N–H and O–H groups in total. The first-order chi connectivity index (χ1) is 19.6. The lowest BCUT2D eigenvalue weighted by Gasteiger charge is -2.44. The molecule has 1 aromatic heterocycles. The number of methoxy groups -OCH3 is 1. The smallest absolute Gasteiger partial charge is 0.294 e. The first-order valence-electron chi connectivity index (χ1n) is 13.8. The number of likely N-dealkylation sites (tertiary alicyclic amines) is 1. The number of carbonyl (C=O) groups excluding carboxylic acids is 2. The number of nitrogens with one attached hydrogen (secondary N) is 2. The first kappa shape index (κ1) is 30.7. The molecule has 0 saturated carbocycles. The van der Waals surface area contributed by atoms with E-state index in [4.69, 9.17) is 4.74 Å². The number of hydrogen-bond acceptors (Lipinski definition) is 9. The molecule has 2 saturated heterocycles. The maximum absolute atomic E-state index is 13.9. The summed E-state index contributed by atoms with van der Waals surface area (Å²) < 4.78 is 5.70. The van der Waals surface area contributed by atoms with Gasteiger partial charge in [0.15, 0.2) is 0 Å². The fraction of sp³-hybridized carbons (Fsp3) is 0.536. The van der Waals surface area contributed by atoms with Gasteiger partial charge in [0.25, 0.3) is 17.5 Å². The average molecular weight is 633 g/mol. The van der Waals surface area contributed by atoms with Gasteiger partial charge < -0.3 is 25.2 Å². The molecule has 4 rings (SSSR count). The van der Waals surface area contributed by atoms with Crippen molar-refractivity contribution in [2.45, 2.75) is 44.8 Å². The summed E-state index contributed by atoms with van der Waals surface area (Å²) in [5.74, 6) is -0.419. The first-order valence-corrected chi connectivity index (χ1v) is 14.6. The minimum absolute atomic E-state index is 0.102. The minimum Gasteiger partial charge on any atom is -0.387 e. The van der Waals surface area contributed by atoms with Gasteiger partial charge in [-0.3, -0.25) is 29.6 Å². The lowest BCUT2D eigenvalue weighted by molar-refractivity contribution is -0.384. The number of nitrogens with zero attached hydrogens (tertiary/aromatic N) is 5. The van der Waals surface area contributed by atoms with Gasteiger partial charge in [0.1, 0.15) is 5.69 Å². The molecule has 0 aliphatic carbocycles. The van der Waals surface area contributed by atoms with Crippen LogP contribution in [0.4, 0.5) is 17.1 Å². The number of halogens is 1. The minimum atomic E-state index is -0.474. The molecule has 41 heavy (non-hydrogen) atoms. The normalized spacial score (nSPS) is 21.4. The van der Waals surface area contributed by atoms with Crippen molar-refractivity contribution in [2.75, 3.05) is 64.1 Å². The monoisotopic (exact) mass is 631 g/mol. The topological polar surface area (TPSA) is 133 Å². The number of benzene rings is 1. The quantitative estimate of drug-likeness (QED) is 0.314. The molecule has 2 aromatic rings. The van der Waals surface area contributed by atoms with E-state index >= 15 is 0 Å². The Kier molecular flexibility index (Phi) is 10.2. The van der Waals surface area contributed by atoms with Crippen molar-refractivity contribution in [3.8, 4) is 0 Å². The highest BCUT2D eigenvalue weighted by Crippen LogP contribution is 2.35. The molecule has 2 amide bonds. The van der Waals surface area contributed by atoms with E-state index < -0.39 is 4.92 Å². The summed E-state index contributed by atoms with van der Waals surface area (Å²) in [6.07, 6.45) is 4.59. The number of amides is 2. The van der Waals surface area contributed by atoms with E-state index in [0.717, 1.165) is 12.2 Å². The second-order valence-electron chi connectivity index (χ2n) is 10.7. The Hall–Kier alpha value is -3.29. The maximum Gasteiger partial charge on any atom is 0.294 e. The zero-order valence-corrected chi connectivity index (χ0v) is 25.5. The van der Waals surface area contributed by atoms with E-state index in [2.05, 4.69) is 50.3 Å². The summed E-state index contributed by atoms with van der Waals surface area (Å²) in [5, 5.41) is 18.5. The fourth-order valence-electron chi connectivity index (χ4n) is 5.75. The molecule has 2 aliphatic rings. The van der Waals surface area contributed by atoms with Crippen LogP contribution in [0.3, 0.4) is 0 Å². The van der Waals surface area contributed by atoms with Gasteiger partial charge in [-0.1, -0.05) is 15.9 Å². The predicted octanol–water partition coefficient (Wildman–Crippen LogP) is 3.69. The van der Waals surface area contributed by atoms with Gasteiger partial charge >= 0.3 is 0 Å². The molecule has 13 heteroatoms. The molecule has 1 aromatic carbocycles. The van der Waals surface area contributed by atoms with Gasteiger partial charge in [-0.15, -0.1) is 0 Å². The van der Waals surface area contributed by atoms with Crippen molar-refractivity contribution in [1.29, 1.82) is 0 Å². The van der Waals surface area contributed by atoms with Gasteiger partial charge in [0.05, 0.1) is 28.3 Å². The van der Waals surface area contributed by atoms with Crippen LogP contribution < -0.4 is 10.6 Å². The molecule has 0 radical (unpaired) electrons. The molecular weight excluding hydrogens is 594 g/mol. The zero-order chi connectivity index (χ0) is 29.7. The summed E-state index contributed by atoms with van der Waals surface area (Å²) in [5.41, 5.74) is 1.45. The number of hydrogen-bond donors (Lipinski definition) is 2. The Labute approximate surface area is 248 Å². The molecular formula is C28H38BrN7O5. The van der Waals surface area contributed by atoms with Crippen molar-refractivity contribution in [3.63, 3.8) is 0 Å². The van der Waals surface area contributed by atoms with Crippen molar-refractivity contribution in [2.24, 2.45) is 0 Å². The molecule has 2 fully saturated rings. The Balaban J connectivity index is 1.57. The predicted molar refractivity (Wildman–Crippen MR) is 161 cm³/mol. The van der Waals surface area contributed by atoms with Crippen LogP contribution in [0.2, 0.25) is 0 Å². The highest BCUT2D eigenvalue weighted by atomic mass is 79.9. The van der Waals surface area contributed by atoms with Crippen LogP contribution in [0.5, 0.6) is 0 Å². The lowest BCUT2D eigenvalue weighted by atomic mass is 10.0. The summed E-state index contributed by atoms with van der Waals surface area (Å²) in [7, 11) is 3.43. The zero-order valence-electron chi connectivity index (χ0n) is 23.9. The van der Waals surface area contributed by atoms with Crippen molar-refractivity contribution < 1.29 is 19.2 Å². The van der Waals surface area contributed by atoms with Crippen LogP contribution in [0, 0.1) is 10.1 Å². The maximum atomic E-state index is 13.9. The van der Waals surface area contributed by atoms with Crippen LogP contribution in [-0.2, 0) is 4.74 Å². The van der Waals surface area contributed by atoms with Crippen molar-refractivity contribution >= 4 is 44.8 Å². The van der Waals surface area contributed by atoms with Gasteiger partial charge in [0, 0.05) is 87.9 Å². The summed E-state index contributed by atoms with van der Waals surface area (Å²) in [6.45, 7) is 7.42. The summed E-state index contributed by atoms with van der Waals surface area (Å²) >= 11 is 3.37. The van der Waals surface area contributed by atoms with E-state index in [1.807, 2.05) is 0 Å². The molecule has 3 atom stereocenters. The lowest BCUT2D eigenvalue weighted by Crippen LogP contribution is -2.58. The number of pyridine rings is 1. The number of nitro groups is 1. The van der Waals surface area contributed by atoms with Crippen molar-refractivity contribution in [3.05, 3.63) is 56.3 Å². The molecule has 3 heterocycles. The summed E-state index contributed by atoms with van der Waals surface area (Å²) in [6, 6.07) is 4.73. The molecule has 12 nitrogen and oxygen atoms in total. The number of piperazine rings is 1. The number of ether oxygens (including phenoxy) is 1. The Morgan fingerprint density at radius 2 is 1.85 bits per heavy atom. The highest BCUT2D eigenvalue weighted by molar-refractivity contribution is 9.10. The van der Waals surface area contributed by atoms with Crippen molar-refractivity contribution in [1.82, 2.24) is 19.7 Å². The Morgan fingerprint density at radius 3 is 2.51 bits per heavy atom. The number of aromatic nitrogens is 1. The Bertz CT molecular complexity index is 1270. The van der Waals surface area contributed by atoms with Gasteiger partial charge in [0.2, 0.25) is 0 Å². The fourth-order valence-corrected chi connectivity index (χ4v) is 6.19. The highest BCUT2D eigenvalue weighted by Gasteiger charge is 2.35. The Morgan fingerprint density at radius 1 is 1.12 bits per heavy atom. The van der Waals surface area contributed by atoms with Crippen LogP contribution in [0.1, 0.15) is 47.4 Å². The van der Waals surface area contributed by atoms with Crippen LogP contribution in [-0.4, -0.2) is 108 Å². The van der Waals surface area contributed by atoms with E-state index in [0.29, 0.717) is 55.7 Å². The third kappa shape index (κ3) is 7.14. The second-order valence-corrected chi connectivity index (χ2v) is 11.6. The molecule has 222 valence electrons. The van der Waals surface area contributed by atoms with Gasteiger partial charge in [-0.05, 0) is 38.8 Å². The second kappa shape index (κ2) is 13.6. The largest absolute Gasteiger partial charge is 0.387 e. The third-order valence-electron chi connectivity index (χ3n) is 7.78. The van der Waals surface area contributed by atoms with E-state index in [9.17, 15) is 19.7 Å². The van der Waals surface area contributed by atoms with Crippen LogP contribution >= 0.6 is 15.9 Å². The molecule has 0 spiro atoms. The SMILES string of the molecule is CNc1cncc(C(=O)N2CCC[C@@H](Nc3c(C(=O)N4C[C@@H](C)N(CCOC)[C@@H](C)C4)cc(Br)cc3[N+](=O)[O-])C2)c1. The molecule has 0 unspecified atom stereocenters. The van der Waals surface area contributed by atoms with Gasteiger partial charge in [-0.25, -0.2) is 0 Å². The van der Waals surface area contributed by atoms with E-state index in [1.165, 1.54) is 12.3 Å². The molecule has 0 bridgehead atoms. The van der Waals surface area contributed by atoms with Crippen LogP contribution in [0.25, 0.3) is 0 Å². The van der Waals surface area contributed by atoms with Gasteiger partial charge in [-0.2, -0.15) is 0 Å². The molecule has 2 aliphatic heterocycles. The van der Waals surface area contributed by atoms with E-state index in [-0.39, 0.29) is 46.9 Å². The number of nitro benzene ring substituents is 1. The van der Waals surface area contributed by atoms with Crippen LogP contribution in [0.15, 0.2) is 35.1 Å². The average Bonchev–Trinajstić information content (AvgIpc) is 2.96. The van der Waals surface area contributed by atoms with E-state index in [1.54, 1.807) is 42.3 Å². The number of carbonyl (C=O) groups is 2. The number of rotatable bonds is 9. The standard InChI is InChI=1S/C28H38BrN7O5/c1-18-15-34(16-19(2)35(18)8-9-41-4)28(38)24-11-21(29)12-25(36(39)40)26(24)32-22-6-5-7-33(17-22)27(37)20-10-23(30-3)14-31-13-20/h10-14,18-19,22,30,32H,5-9,15-17H2,1-4H3/t18-,19+,22-/m1/s1. The number of anilines is 2.